The summed E-state index contributed by atoms with van der Waals surface area (Å²) in [5, 5.41) is 2.86. The first-order valence-electron chi connectivity index (χ1n) is 8.86. The van der Waals surface area contributed by atoms with E-state index < -0.39 is 12.1 Å². The zero-order valence-corrected chi connectivity index (χ0v) is 15.3. The minimum Gasteiger partial charge on any atom is -0.497 e. The van der Waals surface area contributed by atoms with Gasteiger partial charge in [0.2, 0.25) is 12.7 Å². The molecule has 2 aromatic carbocycles. The maximum absolute atomic E-state index is 12.7. The topological polar surface area (TPSA) is 86.3 Å². The van der Waals surface area contributed by atoms with Gasteiger partial charge in [0, 0.05) is 6.54 Å². The van der Waals surface area contributed by atoms with E-state index in [-0.39, 0.29) is 25.9 Å². The number of hydrogen-bond acceptors (Lipinski definition) is 6. The molecule has 28 heavy (non-hydrogen) atoms. The van der Waals surface area contributed by atoms with Gasteiger partial charge >= 0.3 is 6.09 Å². The van der Waals surface area contributed by atoms with Gasteiger partial charge in [0.05, 0.1) is 13.7 Å². The standard InChI is InChI=1S/C20H20N2O6/c1-25-15-4-2-3-14(7-15)10-22-16(11-26-20(22)24)19(23)21-9-13-5-6-17-18(8-13)28-12-27-17/h2-8,16H,9-12H2,1H3,(H,21,23)/t16-/m0/s1. The maximum atomic E-state index is 12.7. The third kappa shape index (κ3) is 3.66. The van der Waals surface area contributed by atoms with Crippen molar-refractivity contribution in [2.24, 2.45) is 0 Å². The maximum Gasteiger partial charge on any atom is 0.410 e. The normalized spacial score (nSPS) is 17.4. The fourth-order valence-electron chi connectivity index (χ4n) is 3.17. The highest BCUT2D eigenvalue weighted by atomic mass is 16.7. The largest absolute Gasteiger partial charge is 0.497 e. The lowest BCUT2D eigenvalue weighted by molar-refractivity contribution is -0.125. The molecule has 2 aliphatic rings. The van der Waals surface area contributed by atoms with Gasteiger partial charge < -0.3 is 24.3 Å². The molecule has 2 amide bonds. The Balaban J connectivity index is 1.40. The highest BCUT2D eigenvalue weighted by molar-refractivity contribution is 5.87. The van der Waals surface area contributed by atoms with Gasteiger partial charge in [-0.05, 0) is 35.4 Å². The first-order valence-corrected chi connectivity index (χ1v) is 8.86. The highest BCUT2D eigenvalue weighted by Gasteiger charge is 2.38. The summed E-state index contributed by atoms with van der Waals surface area (Å²) in [5.74, 6) is 1.76. The van der Waals surface area contributed by atoms with Crippen molar-refractivity contribution in [1.82, 2.24) is 10.2 Å². The van der Waals surface area contributed by atoms with Crippen molar-refractivity contribution >= 4 is 12.0 Å². The van der Waals surface area contributed by atoms with E-state index in [1.807, 2.05) is 36.4 Å². The molecule has 0 radical (unpaired) electrons. The minimum absolute atomic E-state index is 0.0236. The molecule has 2 aromatic rings. The zero-order chi connectivity index (χ0) is 19.5. The molecule has 4 rings (SSSR count). The lowest BCUT2D eigenvalue weighted by atomic mass is 10.1. The fraction of sp³-hybridized carbons (Fsp3) is 0.300. The molecular formula is C20H20N2O6. The third-order valence-electron chi connectivity index (χ3n) is 4.67. The summed E-state index contributed by atoms with van der Waals surface area (Å²) in [6.07, 6.45) is -0.508. The Morgan fingerprint density at radius 1 is 1.14 bits per heavy atom. The molecule has 1 atom stereocenters. The number of cyclic esters (lactones) is 1. The van der Waals surface area contributed by atoms with E-state index >= 15 is 0 Å². The van der Waals surface area contributed by atoms with Gasteiger partial charge in [-0.3, -0.25) is 9.69 Å². The number of fused-ring (bicyclic) bond motifs is 1. The van der Waals surface area contributed by atoms with Crippen LogP contribution in [0, 0.1) is 0 Å². The van der Waals surface area contributed by atoms with Crippen LogP contribution in [0.5, 0.6) is 17.2 Å². The molecular weight excluding hydrogens is 364 g/mol. The molecule has 1 N–H and O–H groups in total. The van der Waals surface area contributed by atoms with Crippen LogP contribution in [0.1, 0.15) is 11.1 Å². The second-order valence-corrected chi connectivity index (χ2v) is 6.48. The lowest BCUT2D eigenvalue weighted by Crippen LogP contribution is -2.45. The minimum atomic E-state index is -0.687. The van der Waals surface area contributed by atoms with E-state index in [4.69, 9.17) is 18.9 Å². The van der Waals surface area contributed by atoms with Gasteiger partial charge in [0.1, 0.15) is 18.4 Å². The average Bonchev–Trinajstić information content (AvgIpc) is 3.33. The number of ether oxygens (including phenoxy) is 4. The Morgan fingerprint density at radius 3 is 2.86 bits per heavy atom. The molecule has 0 bridgehead atoms. The molecule has 8 nitrogen and oxygen atoms in total. The first kappa shape index (κ1) is 18.0. The summed E-state index contributed by atoms with van der Waals surface area (Å²) in [4.78, 5) is 26.2. The van der Waals surface area contributed by atoms with Gasteiger partial charge in [0.15, 0.2) is 11.5 Å². The van der Waals surface area contributed by atoms with Crippen molar-refractivity contribution in [2.45, 2.75) is 19.1 Å². The van der Waals surface area contributed by atoms with E-state index in [9.17, 15) is 9.59 Å². The molecule has 0 saturated carbocycles. The number of nitrogens with zero attached hydrogens (tertiary/aromatic N) is 1. The van der Waals surface area contributed by atoms with E-state index in [0.29, 0.717) is 23.8 Å². The fourth-order valence-corrected chi connectivity index (χ4v) is 3.17. The van der Waals surface area contributed by atoms with Crippen LogP contribution < -0.4 is 19.5 Å². The number of carbonyl (C=O) groups is 2. The molecule has 2 heterocycles. The van der Waals surface area contributed by atoms with Crippen LogP contribution in [0.15, 0.2) is 42.5 Å². The number of carbonyl (C=O) groups excluding carboxylic acids is 2. The highest BCUT2D eigenvalue weighted by Crippen LogP contribution is 2.32. The SMILES string of the molecule is COc1cccc(CN2C(=O)OC[C@H]2C(=O)NCc2ccc3c(c2)OCO3)c1. The molecule has 0 aromatic heterocycles. The van der Waals surface area contributed by atoms with Crippen LogP contribution in [0.2, 0.25) is 0 Å². The van der Waals surface area contributed by atoms with Crippen LogP contribution in [0.25, 0.3) is 0 Å². The van der Waals surface area contributed by atoms with Crippen LogP contribution in [0.4, 0.5) is 4.79 Å². The van der Waals surface area contributed by atoms with Crippen molar-refractivity contribution < 1.29 is 28.5 Å². The summed E-state index contributed by atoms with van der Waals surface area (Å²) in [5.41, 5.74) is 1.73. The number of benzene rings is 2. The van der Waals surface area contributed by atoms with E-state index in [0.717, 1.165) is 11.1 Å². The first-order chi connectivity index (χ1) is 13.6. The number of methoxy groups -OCH3 is 1. The average molecular weight is 384 g/mol. The summed E-state index contributed by atoms with van der Waals surface area (Å²) < 4.78 is 20.9. The van der Waals surface area contributed by atoms with E-state index in [2.05, 4.69) is 5.32 Å². The van der Waals surface area contributed by atoms with Gasteiger partial charge in [-0.15, -0.1) is 0 Å². The van der Waals surface area contributed by atoms with E-state index in [1.165, 1.54) is 4.90 Å². The molecule has 0 aliphatic carbocycles. The molecule has 0 unspecified atom stereocenters. The predicted molar refractivity (Wildman–Crippen MR) is 98.1 cm³/mol. The van der Waals surface area contributed by atoms with Crippen LogP contribution in [-0.4, -0.2) is 43.5 Å². The second kappa shape index (κ2) is 7.67. The summed E-state index contributed by atoms with van der Waals surface area (Å²) in [6, 6.07) is 12.2. The Bertz CT molecular complexity index is 900. The number of rotatable bonds is 6. The molecule has 146 valence electrons. The van der Waals surface area contributed by atoms with Crippen LogP contribution in [-0.2, 0) is 22.6 Å². The molecule has 0 spiro atoms. The molecule has 1 fully saturated rings. The van der Waals surface area contributed by atoms with Gasteiger partial charge in [-0.2, -0.15) is 0 Å². The van der Waals surface area contributed by atoms with Crippen molar-refractivity contribution in [3.05, 3.63) is 53.6 Å². The monoisotopic (exact) mass is 384 g/mol. The smallest absolute Gasteiger partial charge is 0.410 e. The van der Waals surface area contributed by atoms with Gasteiger partial charge in [0.25, 0.3) is 0 Å². The molecule has 1 saturated heterocycles. The quantitative estimate of drug-likeness (QED) is 0.821. The number of hydrogen-bond donors (Lipinski definition) is 1. The lowest BCUT2D eigenvalue weighted by Gasteiger charge is -2.21. The summed E-state index contributed by atoms with van der Waals surface area (Å²) in [6.45, 7) is 0.799. The zero-order valence-electron chi connectivity index (χ0n) is 15.3. The molecule has 8 heteroatoms. The Kier molecular flexibility index (Phi) is 4.92. The Hall–Kier alpha value is -3.42. The van der Waals surface area contributed by atoms with Crippen molar-refractivity contribution in [3.8, 4) is 17.2 Å². The molecule has 2 aliphatic heterocycles. The van der Waals surface area contributed by atoms with Crippen LogP contribution in [0.3, 0.4) is 0 Å². The van der Waals surface area contributed by atoms with Crippen molar-refractivity contribution in [1.29, 1.82) is 0 Å². The van der Waals surface area contributed by atoms with Crippen molar-refractivity contribution in [3.63, 3.8) is 0 Å². The number of amides is 2. The summed E-state index contributed by atoms with van der Waals surface area (Å²) >= 11 is 0. The Morgan fingerprint density at radius 2 is 2.00 bits per heavy atom. The summed E-state index contributed by atoms with van der Waals surface area (Å²) in [7, 11) is 1.58. The third-order valence-corrected chi connectivity index (χ3v) is 4.67. The Labute approximate surface area is 161 Å². The number of nitrogens with one attached hydrogen (secondary N) is 1. The van der Waals surface area contributed by atoms with E-state index in [1.54, 1.807) is 13.2 Å². The predicted octanol–water partition coefficient (Wildman–Crippen LogP) is 2.06. The van der Waals surface area contributed by atoms with Crippen molar-refractivity contribution in [2.75, 3.05) is 20.5 Å². The second-order valence-electron chi connectivity index (χ2n) is 6.48. The van der Waals surface area contributed by atoms with Gasteiger partial charge in [-0.1, -0.05) is 18.2 Å². The van der Waals surface area contributed by atoms with Crippen LogP contribution >= 0.6 is 0 Å². The van der Waals surface area contributed by atoms with Gasteiger partial charge in [-0.25, -0.2) is 4.79 Å².